The van der Waals surface area contributed by atoms with Crippen LogP contribution in [0.25, 0.3) is 5.78 Å². The second-order valence-corrected chi connectivity index (χ2v) is 5.40. The maximum Gasteiger partial charge on any atom is 0.291 e. The minimum Gasteiger partial charge on any atom is -0.396 e. The number of hydrogen-bond donors (Lipinski definition) is 2. The van der Waals surface area contributed by atoms with E-state index in [9.17, 15) is 4.79 Å². The Balaban J connectivity index is 1.86. The van der Waals surface area contributed by atoms with Gasteiger partial charge in [-0.25, -0.2) is 9.50 Å². The molecule has 0 saturated carbocycles. The van der Waals surface area contributed by atoms with Crippen LogP contribution < -0.4 is 5.32 Å². The van der Waals surface area contributed by atoms with E-state index in [0.717, 1.165) is 23.6 Å². The number of aromatic nitrogens is 4. The lowest BCUT2D eigenvalue weighted by Gasteiger charge is -2.01. The molecule has 7 nitrogen and oxygen atoms in total. The molecule has 0 atom stereocenters. The zero-order valence-corrected chi connectivity index (χ0v) is 12.1. The van der Waals surface area contributed by atoms with Crippen LogP contribution in [0.1, 0.15) is 22.7 Å². The highest BCUT2D eigenvalue weighted by Gasteiger charge is 2.13. The van der Waals surface area contributed by atoms with Crippen LogP contribution in [0.4, 0.5) is 0 Å². The maximum atomic E-state index is 11.9. The van der Waals surface area contributed by atoms with Crippen molar-refractivity contribution in [3.05, 3.63) is 23.8 Å². The van der Waals surface area contributed by atoms with Crippen molar-refractivity contribution < 1.29 is 9.90 Å². The van der Waals surface area contributed by atoms with Crippen LogP contribution in [-0.4, -0.2) is 55.3 Å². The van der Waals surface area contributed by atoms with Gasteiger partial charge < -0.3 is 10.4 Å². The third kappa shape index (κ3) is 3.67. The van der Waals surface area contributed by atoms with E-state index in [-0.39, 0.29) is 18.3 Å². The number of aliphatic hydroxyl groups is 1. The van der Waals surface area contributed by atoms with Gasteiger partial charge in [-0.2, -0.15) is 16.7 Å². The van der Waals surface area contributed by atoms with Crippen molar-refractivity contribution in [3.63, 3.8) is 0 Å². The summed E-state index contributed by atoms with van der Waals surface area (Å²) in [7, 11) is 0. The van der Waals surface area contributed by atoms with Gasteiger partial charge in [-0.05, 0) is 25.2 Å². The van der Waals surface area contributed by atoms with Gasteiger partial charge in [0.15, 0.2) is 0 Å². The zero-order chi connectivity index (χ0) is 14.4. The van der Waals surface area contributed by atoms with E-state index in [4.69, 9.17) is 5.11 Å². The number of rotatable bonds is 7. The predicted octanol–water partition coefficient (Wildman–Crippen LogP) is 0.278. The Kier molecular flexibility index (Phi) is 5.31. The fourth-order valence-corrected chi connectivity index (χ4v) is 2.37. The third-order valence-corrected chi connectivity index (χ3v) is 3.68. The van der Waals surface area contributed by atoms with Crippen LogP contribution in [0.15, 0.2) is 12.3 Å². The summed E-state index contributed by atoms with van der Waals surface area (Å²) in [5.74, 6) is 1.95. The van der Waals surface area contributed by atoms with Gasteiger partial charge in [0.2, 0.25) is 5.82 Å². The zero-order valence-electron chi connectivity index (χ0n) is 11.2. The first-order valence-electron chi connectivity index (χ1n) is 6.37. The van der Waals surface area contributed by atoms with Crippen LogP contribution in [0.2, 0.25) is 0 Å². The van der Waals surface area contributed by atoms with E-state index >= 15 is 0 Å². The van der Waals surface area contributed by atoms with Gasteiger partial charge in [-0.3, -0.25) is 4.79 Å². The van der Waals surface area contributed by atoms with E-state index in [2.05, 4.69) is 20.4 Å². The Morgan fingerprint density at radius 1 is 1.50 bits per heavy atom. The minimum absolute atomic E-state index is 0.132. The summed E-state index contributed by atoms with van der Waals surface area (Å²) >= 11 is 1.69. The molecule has 0 aliphatic carbocycles. The maximum absolute atomic E-state index is 11.9. The average Bonchev–Trinajstić information content (AvgIpc) is 2.88. The molecule has 0 aliphatic heterocycles. The van der Waals surface area contributed by atoms with Gasteiger partial charge in [-0.1, -0.05) is 0 Å². The molecular formula is C12H17N5O2S. The predicted molar refractivity (Wildman–Crippen MR) is 76.9 cm³/mol. The monoisotopic (exact) mass is 295 g/mol. The molecule has 0 spiro atoms. The number of amides is 1. The number of carbonyl (C=O) groups is 1. The highest BCUT2D eigenvalue weighted by molar-refractivity contribution is 7.99. The second kappa shape index (κ2) is 7.20. The quantitative estimate of drug-likeness (QED) is 0.713. The van der Waals surface area contributed by atoms with Crippen molar-refractivity contribution in [2.45, 2.75) is 13.3 Å². The standard InChI is InChI=1S/C12H17N5O2S/c1-9-3-4-14-12-15-10(16-17(9)12)11(19)13-5-8-20-7-2-6-18/h3-4,18H,2,5-8H2,1H3,(H,13,19). The van der Waals surface area contributed by atoms with Gasteiger partial charge in [-0.15, -0.1) is 5.10 Å². The van der Waals surface area contributed by atoms with Crippen molar-refractivity contribution in [1.82, 2.24) is 24.9 Å². The van der Waals surface area contributed by atoms with Crippen molar-refractivity contribution in [1.29, 1.82) is 0 Å². The summed E-state index contributed by atoms with van der Waals surface area (Å²) in [4.78, 5) is 20.0. The Morgan fingerprint density at radius 3 is 3.10 bits per heavy atom. The molecule has 0 unspecified atom stereocenters. The van der Waals surface area contributed by atoms with E-state index in [0.29, 0.717) is 12.3 Å². The summed E-state index contributed by atoms with van der Waals surface area (Å²) < 4.78 is 1.55. The van der Waals surface area contributed by atoms with Crippen molar-refractivity contribution in [2.24, 2.45) is 0 Å². The van der Waals surface area contributed by atoms with Gasteiger partial charge in [0.25, 0.3) is 11.7 Å². The van der Waals surface area contributed by atoms with Crippen LogP contribution in [0.3, 0.4) is 0 Å². The summed E-state index contributed by atoms with van der Waals surface area (Å²) in [5, 5.41) is 15.5. The van der Waals surface area contributed by atoms with Crippen LogP contribution >= 0.6 is 11.8 Å². The van der Waals surface area contributed by atoms with Gasteiger partial charge in [0.05, 0.1) is 0 Å². The molecule has 0 aliphatic rings. The largest absolute Gasteiger partial charge is 0.396 e. The van der Waals surface area contributed by atoms with Gasteiger partial charge in [0, 0.05) is 30.8 Å². The molecule has 2 rings (SSSR count). The second-order valence-electron chi connectivity index (χ2n) is 4.18. The van der Waals surface area contributed by atoms with E-state index in [1.165, 1.54) is 0 Å². The smallest absolute Gasteiger partial charge is 0.291 e. The fourth-order valence-electron chi connectivity index (χ4n) is 1.59. The molecule has 2 aromatic heterocycles. The van der Waals surface area contributed by atoms with Crippen molar-refractivity contribution >= 4 is 23.4 Å². The highest BCUT2D eigenvalue weighted by atomic mass is 32.2. The fraction of sp³-hybridized carbons (Fsp3) is 0.500. The van der Waals surface area contributed by atoms with Crippen LogP contribution in [0.5, 0.6) is 0 Å². The normalized spacial score (nSPS) is 10.9. The van der Waals surface area contributed by atoms with Crippen LogP contribution in [-0.2, 0) is 0 Å². The molecule has 0 bridgehead atoms. The molecule has 0 saturated heterocycles. The average molecular weight is 295 g/mol. The number of nitrogens with one attached hydrogen (secondary N) is 1. The lowest BCUT2D eigenvalue weighted by molar-refractivity contribution is 0.0946. The first kappa shape index (κ1) is 14.7. The number of fused-ring (bicyclic) bond motifs is 1. The topological polar surface area (TPSA) is 92.4 Å². The molecule has 8 heteroatoms. The van der Waals surface area contributed by atoms with E-state index < -0.39 is 0 Å². The molecule has 0 radical (unpaired) electrons. The number of nitrogens with zero attached hydrogens (tertiary/aromatic N) is 4. The van der Waals surface area contributed by atoms with Crippen molar-refractivity contribution in [3.8, 4) is 0 Å². The first-order valence-corrected chi connectivity index (χ1v) is 7.53. The van der Waals surface area contributed by atoms with E-state index in [1.807, 2.05) is 6.92 Å². The SMILES string of the molecule is Cc1ccnc2nc(C(=O)NCCSCCCO)nn12. The number of carbonyl (C=O) groups excluding carboxylic acids is 1. The molecule has 20 heavy (non-hydrogen) atoms. The number of thioether (sulfide) groups is 1. The molecule has 108 valence electrons. The Hall–Kier alpha value is -1.67. The first-order chi connectivity index (χ1) is 9.72. The summed E-state index contributed by atoms with van der Waals surface area (Å²) in [5.41, 5.74) is 0.876. The third-order valence-electron chi connectivity index (χ3n) is 2.61. The van der Waals surface area contributed by atoms with Crippen LogP contribution in [0, 0.1) is 6.92 Å². The minimum atomic E-state index is -0.294. The molecule has 2 heterocycles. The number of aliphatic hydroxyl groups excluding tert-OH is 1. The number of hydrogen-bond acceptors (Lipinski definition) is 6. The summed E-state index contributed by atoms with van der Waals surface area (Å²) in [6.07, 6.45) is 2.41. The molecule has 0 aromatic carbocycles. The lowest BCUT2D eigenvalue weighted by Crippen LogP contribution is -2.27. The molecule has 0 fully saturated rings. The number of aryl methyl sites for hydroxylation is 1. The molecule has 1 amide bonds. The Labute approximate surface area is 120 Å². The Bertz CT molecular complexity index is 586. The summed E-state index contributed by atoms with van der Waals surface area (Å²) in [6.45, 7) is 2.64. The highest BCUT2D eigenvalue weighted by Crippen LogP contribution is 2.03. The van der Waals surface area contributed by atoms with E-state index in [1.54, 1.807) is 28.5 Å². The van der Waals surface area contributed by atoms with Gasteiger partial charge in [0.1, 0.15) is 0 Å². The molecule has 2 N–H and O–H groups in total. The molecular weight excluding hydrogens is 278 g/mol. The van der Waals surface area contributed by atoms with Crippen molar-refractivity contribution in [2.75, 3.05) is 24.7 Å². The molecule has 2 aromatic rings. The lowest BCUT2D eigenvalue weighted by atomic mass is 10.5. The van der Waals surface area contributed by atoms with Gasteiger partial charge >= 0.3 is 0 Å². The Morgan fingerprint density at radius 2 is 2.35 bits per heavy atom. The summed E-state index contributed by atoms with van der Waals surface area (Å²) in [6, 6.07) is 1.81.